The number of rotatable bonds is 3. The van der Waals surface area contributed by atoms with Gasteiger partial charge in [0, 0.05) is 28.1 Å². The molecule has 134 valence electrons. The molecular weight excluding hydrogens is 326 g/mol. The second-order valence-electron chi connectivity index (χ2n) is 7.19. The van der Waals surface area contributed by atoms with Crippen LogP contribution in [0.25, 0.3) is 11.0 Å². The summed E-state index contributed by atoms with van der Waals surface area (Å²) in [5.41, 5.74) is 6.11. The Bertz CT molecular complexity index is 1020. The van der Waals surface area contributed by atoms with Gasteiger partial charge in [0.2, 0.25) is 6.73 Å². The number of quaternary nitrogens is 1. The monoisotopic (exact) mass is 350 g/mol. The third-order valence-electron chi connectivity index (χ3n) is 5.19. The van der Waals surface area contributed by atoms with E-state index in [-0.39, 0.29) is 5.63 Å². The molecule has 0 saturated heterocycles. The van der Waals surface area contributed by atoms with Crippen LogP contribution < -0.4 is 15.3 Å². The Balaban J connectivity index is 1.70. The molecule has 4 nitrogen and oxygen atoms in total. The highest BCUT2D eigenvalue weighted by molar-refractivity contribution is 5.86. The zero-order chi connectivity index (χ0) is 18.3. The summed E-state index contributed by atoms with van der Waals surface area (Å²) in [6.07, 6.45) is 0.807. The van der Waals surface area contributed by atoms with Crippen molar-refractivity contribution in [1.29, 1.82) is 0 Å². The molecule has 2 heterocycles. The normalized spacial score (nSPS) is 16.3. The second kappa shape index (κ2) is 6.61. The van der Waals surface area contributed by atoms with Crippen molar-refractivity contribution in [3.05, 3.63) is 74.6 Å². The van der Waals surface area contributed by atoms with Gasteiger partial charge in [-0.25, -0.2) is 4.79 Å². The van der Waals surface area contributed by atoms with Gasteiger partial charge in [0.1, 0.15) is 24.4 Å². The molecule has 0 saturated carbocycles. The standard InChI is InChI=1S/C22H23NO3/c1-4-17-10-20(24)26-22-15(3)21-18(9-19(17)22)12-23(13-25-21)11-16-7-5-14(2)6-8-16/h5-10H,4,11-13H2,1-3H3/p+1. The lowest BCUT2D eigenvalue weighted by Gasteiger charge is -2.27. The summed E-state index contributed by atoms with van der Waals surface area (Å²) in [5.74, 6) is 0.876. The molecule has 0 radical (unpaired) electrons. The lowest BCUT2D eigenvalue weighted by atomic mass is 9.99. The van der Waals surface area contributed by atoms with Crippen LogP contribution in [-0.2, 0) is 19.5 Å². The number of hydrogen-bond donors (Lipinski definition) is 1. The van der Waals surface area contributed by atoms with Gasteiger partial charge in [-0.05, 0) is 31.9 Å². The number of ether oxygens (including phenoxy) is 1. The molecule has 26 heavy (non-hydrogen) atoms. The summed E-state index contributed by atoms with van der Waals surface area (Å²) in [6.45, 7) is 8.60. The molecule has 1 aliphatic rings. The Morgan fingerprint density at radius 2 is 1.88 bits per heavy atom. The zero-order valence-corrected chi connectivity index (χ0v) is 15.5. The van der Waals surface area contributed by atoms with Crippen molar-refractivity contribution in [3.8, 4) is 5.75 Å². The van der Waals surface area contributed by atoms with Crippen molar-refractivity contribution < 1.29 is 14.1 Å². The molecule has 1 unspecified atom stereocenters. The number of hydrogen-bond acceptors (Lipinski definition) is 3. The first-order chi connectivity index (χ1) is 12.5. The van der Waals surface area contributed by atoms with E-state index in [1.165, 1.54) is 21.6 Å². The van der Waals surface area contributed by atoms with Crippen molar-refractivity contribution >= 4 is 11.0 Å². The largest absolute Gasteiger partial charge is 0.444 e. The molecule has 2 aromatic carbocycles. The maximum atomic E-state index is 11.9. The number of benzene rings is 2. The second-order valence-corrected chi connectivity index (χ2v) is 7.19. The average molecular weight is 350 g/mol. The van der Waals surface area contributed by atoms with Gasteiger partial charge in [-0.15, -0.1) is 0 Å². The first-order valence-corrected chi connectivity index (χ1v) is 9.16. The predicted molar refractivity (Wildman–Crippen MR) is 102 cm³/mol. The first kappa shape index (κ1) is 16.9. The van der Waals surface area contributed by atoms with Crippen molar-refractivity contribution in [2.45, 2.75) is 40.3 Å². The van der Waals surface area contributed by atoms with E-state index in [4.69, 9.17) is 9.15 Å². The molecule has 1 atom stereocenters. The molecule has 1 N–H and O–H groups in total. The predicted octanol–water partition coefficient (Wildman–Crippen LogP) is 2.91. The fourth-order valence-electron chi connectivity index (χ4n) is 3.80. The number of nitrogens with one attached hydrogen (secondary N) is 1. The Labute approximate surface area is 153 Å². The van der Waals surface area contributed by atoms with E-state index in [2.05, 4.69) is 44.2 Å². The van der Waals surface area contributed by atoms with Crippen LogP contribution in [0.15, 0.2) is 45.6 Å². The van der Waals surface area contributed by atoms with E-state index < -0.39 is 0 Å². The highest BCUT2D eigenvalue weighted by atomic mass is 16.5. The Kier molecular flexibility index (Phi) is 4.29. The summed E-state index contributed by atoms with van der Waals surface area (Å²) < 4.78 is 11.6. The van der Waals surface area contributed by atoms with Crippen molar-refractivity contribution in [2.75, 3.05) is 6.73 Å². The van der Waals surface area contributed by atoms with Gasteiger partial charge in [0.05, 0.1) is 0 Å². The highest BCUT2D eigenvalue weighted by Crippen LogP contribution is 2.33. The summed E-state index contributed by atoms with van der Waals surface area (Å²) >= 11 is 0. The quantitative estimate of drug-likeness (QED) is 0.739. The van der Waals surface area contributed by atoms with Crippen LogP contribution in [-0.4, -0.2) is 6.73 Å². The third kappa shape index (κ3) is 3.01. The van der Waals surface area contributed by atoms with Crippen molar-refractivity contribution in [1.82, 2.24) is 0 Å². The molecule has 1 aliphatic heterocycles. The molecule has 3 aromatic rings. The summed E-state index contributed by atoms with van der Waals surface area (Å²) in [5, 5.41) is 1.03. The highest BCUT2D eigenvalue weighted by Gasteiger charge is 2.25. The first-order valence-electron chi connectivity index (χ1n) is 9.16. The van der Waals surface area contributed by atoms with Gasteiger partial charge in [0.25, 0.3) is 0 Å². The molecule has 0 aliphatic carbocycles. The molecule has 4 heteroatoms. The maximum absolute atomic E-state index is 11.9. The van der Waals surface area contributed by atoms with Crippen LogP contribution in [0.3, 0.4) is 0 Å². The van der Waals surface area contributed by atoms with Crippen molar-refractivity contribution in [2.24, 2.45) is 0 Å². The lowest BCUT2D eigenvalue weighted by molar-refractivity contribution is -0.945. The summed E-state index contributed by atoms with van der Waals surface area (Å²) in [4.78, 5) is 13.2. The van der Waals surface area contributed by atoms with Crippen LogP contribution in [0.1, 0.15) is 34.7 Å². The molecular formula is C22H24NO3+. The lowest BCUT2D eigenvalue weighted by Crippen LogP contribution is -3.10. The summed E-state index contributed by atoms with van der Waals surface area (Å²) in [6, 6.07) is 12.4. The molecule has 0 bridgehead atoms. The van der Waals surface area contributed by atoms with E-state index in [9.17, 15) is 4.79 Å². The van der Waals surface area contributed by atoms with Gasteiger partial charge < -0.3 is 9.15 Å². The van der Waals surface area contributed by atoms with Gasteiger partial charge in [-0.2, -0.15) is 0 Å². The minimum atomic E-state index is -0.292. The fraction of sp³-hybridized carbons (Fsp3) is 0.318. The van der Waals surface area contributed by atoms with E-state index in [1.54, 1.807) is 6.07 Å². The van der Waals surface area contributed by atoms with E-state index in [1.807, 2.05) is 6.92 Å². The Hall–Kier alpha value is -2.59. The zero-order valence-electron chi connectivity index (χ0n) is 15.5. The van der Waals surface area contributed by atoms with Gasteiger partial charge in [-0.1, -0.05) is 36.8 Å². The van der Waals surface area contributed by atoms with E-state index in [0.29, 0.717) is 12.3 Å². The van der Waals surface area contributed by atoms with E-state index in [0.717, 1.165) is 41.8 Å². The van der Waals surface area contributed by atoms with Crippen LogP contribution in [0.5, 0.6) is 5.75 Å². The summed E-state index contributed by atoms with van der Waals surface area (Å²) in [7, 11) is 0. The minimum Gasteiger partial charge on any atom is -0.444 e. The Morgan fingerprint density at radius 1 is 1.12 bits per heavy atom. The molecule has 0 fully saturated rings. The average Bonchev–Trinajstić information content (AvgIpc) is 2.64. The topological polar surface area (TPSA) is 43.9 Å². The molecule has 0 amide bonds. The van der Waals surface area contributed by atoms with Gasteiger partial charge in [0.15, 0.2) is 0 Å². The Morgan fingerprint density at radius 3 is 2.62 bits per heavy atom. The van der Waals surface area contributed by atoms with Crippen molar-refractivity contribution in [3.63, 3.8) is 0 Å². The van der Waals surface area contributed by atoms with Gasteiger partial charge >= 0.3 is 5.63 Å². The van der Waals surface area contributed by atoms with Gasteiger partial charge in [-0.3, -0.25) is 4.90 Å². The van der Waals surface area contributed by atoms with Crippen LogP contribution >= 0.6 is 0 Å². The smallest absolute Gasteiger partial charge is 0.336 e. The molecule has 4 rings (SSSR count). The van der Waals surface area contributed by atoms with Crippen LogP contribution in [0.2, 0.25) is 0 Å². The maximum Gasteiger partial charge on any atom is 0.336 e. The van der Waals surface area contributed by atoms with E-state index >= 15 is 0 Å². The number of aryl methyl sites for hydroxylation is 3. The fourth-order valence-corrected chi connectivity index (χ4v) is 3.80. The third-order valence-corrected chi connectivity index (χ3v) is 5.19. The SMILES string of the molecule is CCc1cc(=O)oc2c(C)c3c(cc12)C[NH+](Cc1ccc(C)cc1)CO3. The molecule has 0 spiro atoms. The minimum absolute atomic E-state index is 0.292. The molecule has 1 aromatic heterocycles. The van der Waals surface area contributed by atoms with Crippen LogP contribution in [0, 0.1) is 13.8 Å². The van der Waals surface area contributed by atoms with Crippen LogP contribution in [0.4, 0.5) is 0 Å². The number of fused-ring (bicyclic) bond motifs is 2.